The van der Waals surface area contributed by atoms with Crippen molar-refractivity contribution in [3.05, 3.63) is 49.5 Å². The number of hydrogen-bond donors (Lipinski definition) is 1. The third-order valence-corrected chi connectivity index (χ3v) is 7.00. The number of thioether (sulfide) groups is 1. The van der Waals surface area contributed by atoms with E-state index in [1.807, 2.05) is 52.0 Å². The van der Waals surface area contributed by atoms with E-state index >= 15 is 0 Å². The number of nitrogens with zero attached hydrogens (tertiary/aromatic N) is 2. The summed E-state index contributed by atoms with van der Waals surface area (Å²) in [7, 11) is 0. The molecule has 0 radical (unpaired) electrons. The van der Waals surface area contributed by atoms with E-state index in [2.05, 4.69) is 26.2 Å². The van der Waals surface area contributed by atoms with Crippen LogP contribution in [0.15, 0.2) is 38.7 Å². The van der Waals surface area contributed by atoms with Crippen molar-refractivity contribution in [1.29, 1.82) is 0 Å². The molecule has 0 aliphatic rings. The summed E-state index contributed by atoms with van der Waals surface area (Å²) in [5.41, 5.74) is 1.68. The summed E-state index contributed by atoms with van der Waals surface area (Å²) >= 11 is 6.22. The number of carbonyl (C=O) groups is 1. The SMILES string of the molecule is CCn1c(SC(C)C(=O)Nc2cccc(Br)c2)nc2sc(C)c(C)c2c1=O. The van der Waals surface area contributed by atoms with Gasteiger partial charge in [0, 0.05) is 21.6 Å². The van der Waals surface area contributed by atoms with Crippen molar-refractivity contribution in [3.8, 4) is 0 Å². The van der Waals surface area contributed by atoms with Crippen LogP contribution in [0.1, 0.15) is 24.3 Å². The van der Waals surface area contributed by atoms with Crippen molar-refractivity contribution in [2.45, 2.75) is 44.6 Å². The van der Waals surface area contributed by atoms with E-state index < -0.39 is 5.25 Å². The second-order valence-corrected chi connectivity index (χ2v) is 9.59. The molecule has 1 atom stereocenters. The van der Waals surface area contributed by atoms with Gasteiger partial charge in [-0.2, -0.15) is 0 Å². The van der Waals surface area contributed by atoms with Gasteiger partial charge in [0.1, 0.15) is 4.83 Å². The Bertz CT molecular complexity index is 1070. The molecule has 142 valence electrons. The standard InChI is InChI=1S/C19H20BrN3O2S2/c1-5-23-18(25)15-10(2)11(3)26-17(15)22-19(23)27-12(4)16(24)21-14-8-6-7-13(20)9-14/h6-9,12H,5H2,1-4H3,(H,21,24). The summed E-state index contributed by atoms with van der Waals surface area (Å²) in [6.07, 6.45) is 0. The van der Waals surface area contributed by atoms with Gasteiger partial charge in [-0.3, -0.25) is 14.2 Å². The summed E-state index contributed by atoms with van der Waals surface area (Å²) in [5.74, 6) is -0.131. The number of carbonyl (C=O) groups excluding carboxylic acids is 1. The first-order chi connectivity index (χ1) is 12.8. The largest absolute Gasteiger partial charge is 0.325 e. The average Bonchev–Trinajstić information content (AvgIpc) is 2.89. The van der Waals surface area contributed by atoms with E-state index in [-0.39, 0.29) is 11.5 Å². The van der Waals surface area contributed by atoms with Crippen molar-refractivity contribution in [2.24, 2.45) is 0 Å². The van der Waals surface area contributed by atoms with Gasteiger partial charge in [-0.25, -0.2) is 4.98 Å². The number of nitrogens with one attached hydrogen (secondary N) is 1. The molecule has 0 saturated heterocycles. The topological polar surface area (TPSA) is 64.0 Å². The fourth-order valence-corrected chi connectivity index (χ4v) is 5.14. The highest BCUT2D eigenvalue weighted by molar-refractivity contribution is 9.10. The molecule has 3 aromatic rings. The Morgan fingerprint density at radius 2 is 2.15 bits per heavy atom. The maximum Gasteiger partial charge on any atom is 0.263 e. The number of aryl methyl sites for hydroxylation is 2. The number of halogens is 1. The zero-order chi connectivity index (χ0) is 19.7. The number of anilines is 1. The van der Waals surface area contributed by atoms with E-state index in [0.717, 1.165) is 25.4 Å². The fraction of sp³-hybridized carbons (Fsp3) is 0.316. The molecule has 1 aromatic carbocycles. The van der Waals surface area contributed by atoms with Crippen LogP contribution in [0, 0.1) is 13.8 Å². The lowest BCUT2D eigenvalue weighted by molar-refractivity contribution is -0.115. The Balaban J connectivity index is 1.89. The van der Waals surface area contributed by atoms with E-state index in [4.69, 9.17) is 0 Å². The highest BCUT2D eigenvalue weighted by atomic mass is 79.9. The van der Waals surface area contributed by atoms with Crippen LogP contribution in [0.5, 0.6) is 0 Å². The smallest absolute Gasteiger partial charge is 0.263 e. The molecule has 2 aromatic heterocycles. The van der Waals surface area contributed by atoms with Crippen LogP contribution in [0.4, 0.5) is 5.69 Å². The molecule has 0 saturated carbocycles. The summed E-state index contributed by atoms with van der Waals surface area (Å²) in [6.45, 7) is 8.20. The number of fused-ring (bicyclic) bond motifs is 1. The molecule has 27 heavy (non-hydrogen) atoms. The number of benzene rings is 1. The molecular weight excluding hydrogens is 446 g/mol. The van der Waals surface area contributed by atoms with Gasteiger partial charge in [0.05, 0.1) is 10.6 Å². The van der Waals surface area contributed by atoms with Gasteiger partial charge in [0.2, 0.25) is 5.91 Å². The summed E-state index contributed by atoms with van der Waals surface area (Å²) in [4.78, 5) is 32.0. The Labute approximate surface area is 174 Å². The number of aromatic nitrogens is 2. The molecule has 5 nitrogen and oxygen atoms in total. The van der Waals surface area contributed by atoms with Gasteiger partial charge in [-0.15, -0.1) is 11.3 Å². The Hall–Kier alpha value is -1.64. The number of rotatable bonds is 5. The molecule has 0 aliphatic carbocycles. The quantitative estimate of drug-likeness (QED) is 0.426. The Morgan fingerprint density at radius 1 is 1.41 bits per heavy atom. The van der Waals surface area contributed by atoms with Gasteiger partial charge in [-0.1, -0.05) is 33.8 Å². The fourth-order valence-electron chi connectivity index (χ4n) is 2.70. The predicted octanol–water partition coefficient (Wildman–Crippen LogP) is 4.98. The van der Waals surface area contributed by atoms with E-state index in [9.17, 15) is 9.59 Å². The van der Waals surface area contributed by atoms with Crippen LogP contribution in [-0.4, -0.2) is 20.7 Å². The van der Waals surface area contributed by atoms with Crippen molar-refractivity contribution in [3.63, 3.8) is 0 Å². The minimum absolute atomic E-state index is 0.0357. The summed E-state index contributed by atoms with van der Waals surface area (Å²) in [6, 6.07) is 7.45. The zero-order valence-electron chi connectivity index (χ0n) is 15.5. The van der Waals surface area contributed by atoms with Crippen molar-refractivity contribution < 1.29 is 4.79 Å². The minimum Gasteiger partial charge on any atom is -0.325 e. The number of amides is 1. The average molecular weight is 466 g/mol. The zero-order valence-corrected chi connectivity index (χ0v) is 18.7. The molecule has 2 heterocycles. The van der Waals surface area contributed by atoms with E-state index in [1.165, 1.54) is 23.1 Å². The normalized spacial score (nSPS) is 12.3. The molecule has 3 rings (SSSR count). The predicted molar refractivity (Wildman–Crippen MR) is 117 cm³/mol. The highest BCUT2D eigenvalue weighted by Crippen LogP contribution is 2.30. The third-order valence-electron chi connectivity index (χ3n) is 4.31. The lowest BCUT2D eigenvalue weighted by Crippen LogP contribution is -2.26. The lowest BCUT2D eigenvalue weighted by Gasteiger charge is -2.15. The van der Waals surface area contributed by atoms with E-state index in [1.54, 1.807) is 4.57 Å². The van der Waals surface area contributed by atoms with Crippen LogP contribution >= 0.6 is 39.0 Å². The van der Waals surface area contributed by atoms with Gasteiger partial charge >= 0.3 is 0 Å². The van der Waals surface area contributed by atoms with Crippen LogP contribution in [0.3, 0.4) is 0 Å². The molecule has 0 spiro atoms. The first-order valence-corrected chi connectivity index (χ1v) is 11.0. The second-order valence-electron chi connectivity index (χ2n) is 6.17. The molecule has 0 bridgehead atoms. The maximum atomic E-state index is 12.9. The molecule has 0 aliphatic heterocycles. The Kier molecular flexibility index (Phi) is 6.08. The second kappa shape index (κ2) is 8.16. The first kappa shape index (κ1) is 20.1. The van der Waals surface area contributed by atoms with Crippen LogP contribution in [0.25, 0.3) is 10.2 Å². The van der Waals surface area contributed by atoms with Crippen molar-refractivity contribution in [2.75, 3.05) is 5.32 Å². The van der Waals surface area contributed by atoms with Gasteiger partial charge < -0.3 is 5.32 Å². The monoisotopic (exact) mass is 465 g/mol. The maximum absolute atomic E-state index is 12.9. The molecule has 0 fully saturated rings. The summed E-state index contributed by atoms with van der Waals surface area (Å²) in [5, 5.41) is 3.77. The van der Waals surface area contributed by atoms with Gasteiger partial charge in [0.25, 0.3) is 5.56 Å². The van der Waals surface area contributed by atoms with Gasteiger partial charge in [-0.05, 0) is 51.5 Å². The minimum atomic E-state index is -0.395. The first-order valence-electron chi connectivity index (χ1n) is 8.55. The third kappa shape index (κ3) is 4.12. The van der Waals surface area contributed by atoms with Crippen molar-refractivity contribution in [1.82, 2.24) is 9.55 Å². The molecule has 8 heteroatoms. The van der Waals surface area contributed by atoms with Crippen molar-refractivity contribution >= 4 is 60.8 Å². The number of thiophene rings is 1. The number of hydrogen-bond acceptors (Lipinski definition) is 5. The van der Waals surface area contributed by atoms with Crippen LogP contribution < -0.4 is 10.9 Å². The van der Waals surface area contributed by atoms with Crippen LogP contribution in [0.2, 0.25) is 0 Å². The molecular formula is C19H20BrN3O2S2. The van der Waals surface area contributed by atoms with Gasteiger partial charge in [0.15, 0.2) is 5.16 Å². The van der Waals surface area contributed by atoms with E-state index in [0.29, 0.717) is 17.1 Å². The molecule has 1 N–H and O–H groups in total. The Morgan fingerprint density at radius 3 is 2.81 bits per heavy atom. The molecule has 1 unspecified atom stereocenters. The van der Waals surface area contributed by atoms with Crippen LogP contribution in [-0.2, 0) is 11.3 Å². The highest BCUT2D eigenvalue weighted by Gasteiger charge is 2.21. The summed E-state index contributed by atoms with van der Waals surface area (Å²) < 4.78 is 2.55. The molecule has 1 amide bonds. The lowest BCUT2D eigenvalue weighted by atomic mass is 10.2.